The Labute approximate surface area is 125 Å². The molecule has 2 rings (SSSR count). The summed E-state index contributed by atoms with van der Waals surface area (Å²) in [5, 5.41) is 28.2. The Balaban J connectivity index is 2.20. The SMILES string of the molecule is O=[N+]([O-])c1ccc(Cl)cc1/C=N\N=C/c1ccccc1O. The summed E-state index contributed by atoms with van der Waals surface area (Å²) in [5.41, 5.74) is 0.637. The van der Waals surface area contributed by atoms with E-state index in [2.05, 4.69) is 10.2 Å². The number of rotatable bonds is 4. The lowest BCUT2D eigenvalue weighted by Gasteiger charge is -1.97. The van der Waals surface area contributed by atoms with Gasteiger partial charge in [-0.3, -0.25) is 10.1 Å². The van der Waals surface area contributed by atoms with Crippen molar-refractivity contribution >= 4 is 29.7 Å². The second kappa shape index (κ2) is 6.62. The normalized spacial score (nSPS) is 11.3. The molecule has 6 nitrogen and oxygen atoms in total. The van der Waals surface area contributed by atoms with E-state index in [0.29, 0.717) is 10.6 Å². The van der Waals surface area contributed by atoms with E-state index in [1.807, 2.05) is 0 Å². The van der Waals surface area contributed by atoms with Crippen LogP contribution in [-0.2, 0) is 0 Å². The van der Waals surface area contributed by atoms with Gasteiger partial charge >= 0.3 is 0 Å². The number of nitro groups is 1. The summed E-state index contributed by atoms with van der Waals surface area (Å²) in [4.78, 5) is 10.3. The molecule has 0 amide bonds. The second-order valence-corrected chi connectivity index (χ2v) is 4.44. The first-order chi connectivity index (χ1) is 10.1. The van der Waals surface area contributed by atoms with Crippen LogP contribution in [0.2, 0.25) is 5.02 Å². The Bertz CT molecular complexity index is 729. The van der Waals surface area contributed by atoms with Crippen LogP contribution in [0.3, 0.4) is 0 Å². The molecule has 2 aromatic rings. The first-order valence-corrected chi connectivity index (χ1v) is 6.24. The highest BCUT2D eigenvalue weighted by molar-refractivity contribution is 6.31. The predicted octanol–water partition coefficient (Wildman–Crippen LogP) is 3.41. The highest BCUT2D eigenvalue weighted by Crippen LogP contribution is 2.21. The lowest BCUT2D eigenvalue weighted by Crippen LogP contribution is -1.94. The third-order valence-electron chi connectivity index (χ3n) is 2.58. The molecule has 0 saturated heterocycles. The van der Waals surface area contributed by atoms with Gasteiger partial charge < -0.3 is 5.11 Å². The van der Waals surface area contributed by atoms with Crippen molar-refractivity contribution in [1.29, 1.82) is 0 Å². The van der Waals surface area contributed by atoms with Gasteiger partial charge in [0, 0.05) is 16.7 Å². The van der Waals surface area contributed by atoms with Crippen molar-refractivity contribution in [2.24, 2.45) is 10.2 Å². The van der Waals surface area contributed by atoms with Crippen LogP contribution in [-0.4, -0.2) is 22.5 Å². The molecule has 0 spiro atoms. The Morgan fingerprint density at radius 2 is 1.76 bits per heavy atom. The average molecular weight is 304 g/mol. The zero-order valence-corrected chi connectivity index (χ0v) is 11.4. The fraction of sp³-hybridized carbons (Fsp3) is 0. The van der Waals surface area contributed by atoms with Crippen molar-refractivity contribution in [1.82, 2.24) is 0 Å². The van der Waals surface area contributed by atoms with Crippen LogP contribution >= 0.6 is 11.6 Å². The predicted molar refractivity (Wildman–Crippen MR) is 81.4 cm³/mol. The molecule has 106 valence electrons. The number of hydrogen-bond acceptors (Lipinski definition) is 5. The summed E-state index contributed by atoms with van der Waals surface area (Å²) in [6, 6.07) is 10.8. The number of hydrogen-bond donors (Lipinski definition) is 1. The van der Waals surface area contributed by atoms with Gasteiger partial charge in [-0.15, -0.1) is 0 Å². The number of nitrogens with zero attached hydrogens (tertiary/aromatic N) is 3. The molecule has 0 heterocycles. The maximum atomic E-state index is 10.9. The lowest BCUT2D eigenvalue weighted by molar-refractivity contribution is -0.385. The molecule has 0 unspecified atom stereocenters. The topological polar surface area (TPSA) is 88.1 Å². The van der Waals surface area contributed by atoms with Gasteiger partial charge in [-0.2, -0.15) is 10.2 Å². The Morgan fingerprint density at radius 1 is 1.10 bits per heavy atom. The van der Waals surface area contributed by atoms with Crippen LogP contribution in [0, 0.1) is 10.1 Å². The van der Waals surface area contributed by atoms with E-state index in [-0.39, 0.29) is 17.0 Å². The van der Waals surface area contributed by atoms with E-state index in [1.165, 1.54) is 36.7 Å². The number of halogens is 1. The molecule has 0 aliphatic heterocycles. The van der Waals surface area contributed by atoms with E-state index >= 15 is 0 Å². The van der Waals surface area contributed by atoms with Gasteiger partial charge in [-0.25, -0.2) is 0 Å². The molecule has 0 atom stereocenters. The zero-order chi connectivity index (χ0) is 15.2. The number of nitro benzene ring substituents is 1. The van der Waals surface area contributed by atoms with Crippen LogP contribution in [0.25, 0.3) is 0 Å². The minimum absolute atomic E-state index is 0.0742. The first-order valence-electron chi connectivity index (χ1n) is 5.86. The molecule has 0 aromatic heterocycles. The quantitative estimate of drug-likeness (QED) is 0.533. The minimum Gasteiger partial charge on any atom is -0.507 e. The molecule has 21 heavy (non-hydrogen) atoms. The number of phenols is 1. The Morgan fingerprint density at radius 3 is 2.43 bits per heavy atom. The molecule has 0 radical (unpaired) electrons. The van der Waals surface area contributed by atoms with Crippen LogP contribution < -0.4 is 0 Å². The number of benzene rings is 2. The van der Waals surface area contributed by atoms with E-state index in [4.69, 9.17) is 11.6 Å². The van der Waals surface area contributed by atoms with Gasteiger partial charge in [0.1, 0.15) is 5.75 Å². The van der Waals surface area contributed by atoms with E-state index < -0.39 is 4.92 Å². The third kappa shape index (κ3) is 3.87. The summed E-state index contributed by atoms with van der Waals surface area (Å²) in [5.74, 6) is 0.0742. The number of para-hydroxylation sites is 1. The smallest absolute Gasteiger partial charge is 0.278 e. The molecule has 1 N–H and O–H groups in total. The van der Waals surface area contributed by atoms with Crippen LogP contribution in [0.15, 0.2) is 52.7 Å². The molecule has 0 saturated carbocycles. The van der Waals surface area contributed by atoms with Gasteiger partial charge in [-0.1, -0.05) is 23.7 Å². The monoisotopic (exact) mass is 303 g/mol. The van der Waals surface area contributed by atoms with Crippen molar-refractivity contribution in [3.05, 3.63) is 68.7 Å². The van der Waals surface area contributed by atoms with E-state index in [1.54, 1.807) is 18.2 Å². The van der Waals surface area contributed by atoms with Crippen molar-refractivity contribution in [2.75, 3.05) is 0 Å². The molecule has 7 heteroatoms. The molecule has 0 bridgehead atoms. The fourth-order valence-corrected chi connectivity index (χ4v) is 1.76. The van der Waals surface area contributed by atoms with Crippen LogP contribution in [0.4, 0.5) is 5.69 Å². The molecule has 0 fully saturated rings. The molecular formula is C14H10ClN3O3. The zero-order valence-electron chi connectivity index (χ0n) is 10.7. The maximum Gasteiger partial charge on any atom is 0.278 e. The summed E-state index contributed by atoms with van der Waals surface area (Å²) < 4.78 is 0. The summed E-state index contributed by atoms with van der Waals surface area (Å²) >= 11 is 5.80. The Kier molecular flexibility index (Phi) is 4.63. The average Bonchev–Trinajstić information content (AvgIpc) is 2.45. The van der Waals surface area contributed by atoms with Gasteiger partial charge in [0.2, 0.25) is 0 Å². The first kappa shape index (κ1) is 14.7. The summed E-state index contributed by atoms with van der Waals surface area (Å²) in [6.45, 7) is 0. The maximum absolute atomic E-state index is 10.9. The van der Waals surface area contributed by atoms with Crippen molar-refractivity contribution < 1.29 is 10.0 Å². The van der Waals surface area contributed by atoms with Gasteiger partial charge in [0.05, 0.1) is 22.9 Å². The molecule has 2 aromatic carbocycles. The highest BCUT2D eigenvalue weighted by Gasteiger charge is 2.11. The minimum atomic E-state index is -0.523. The van der Waals surface area contributed by atoms with E-state index in [9.17, 15) is 15.2 Å². The van der Waals surface area contributed by atoms with E-state index in [0.717, 1.165) is 0 Å². The van der Waals surface area contributed by atoms with Gasteiger partial charge in [0.25, 0.3) is 5.69 Å². The lowest BCUT2D eigenvalue weighted by atomic mass is 10.2. The van der Waals surface area contributed by atoms with Gasteiger partial charge in [-0.05, 0) is 24.3 Å². The second-order valence-electron chi connectivity index (χ2n) is 4.01. The molecule has 0 aliphatic carbocycles. The van der Waals surface area contributed by atoms with Crippen LogP contribution in [0.5, 0.6) is 5.75 Å². The Hall–Kier alpha value is -2.73. The largest absolute Gasteiger partial charge is 0.507 e. The molecule has 0 aliphatic rings. The van der Waals surface area contributed by atoms with Gasteiger partial charge in [0.15, 0.2) is 0 Å². The number of aromatic hydroxyl groups is 1. The van der Waals surface area contributed by atoms with Crippen LogP contribution in [0.1, 0.15) is 11.1 Å². The fourth-order valence-electron chi connectivity index (χ4n) is 1.58. The third-order valence-corrected chi connectivity index (χ3v) is 2.82. The summed E-state index contributed by atoms with van der Waals surface area (Å²) in [7, 11) is 0. The molecular weight excluding hydrogens is 294 g/mol. The number of phenolic OH excluding ortho intramolecular Hbond substituents is 1. The van der Waals surface area contributed by atoms with Crippen molar-refractivity contribution in [3.8, 4) is 5.75 Å². The van der Waals surface area contributed by atoms with Crippen molar-refractivity contribution in [3.63, 3.8) is 0 Å². The standard InChI is InChI=1S/C14H10ClN3O3/c15-12-5-6-13(18(20)21)11(7-12)9-17-16-8-10-3-1-2-4-14(10)19/h1-9,19H/b16-8-,17-9-. The van der Waals surface area contributed by atoms with Crippen molar-refractivity contribution in [2.45, 2.75) is 0 Å². The summed E-state index contributed by atoms with van der Waals surface area (Å²) in [6.07, 6.45) is 2.59. The highest BCUT2D eigenvalue weighted by atomic mass is 35.5.